The van der Waals surface area contributed by atoms with Gasteiger partial charge in [-0.2, -0.15) is 15.8 Å². The highest BCUT2D eigenvalue weighted by molar-refractivity contribution is 5.89. The molecule has 4 aliphatic rings. The van der Waals surface area contributed by atoms with E-state index in [4.69, 9.17) is 19.6 Å². The summed E-state index contributed by atoms with van der Waals surface area (Å²) in [6, 6.07) is 13.3. The Labute approximate surface area is 157 Å². The lowest BCUT2D eigenvalue weighted by Crippen LogP contribution is -2.73. The topological polar surface area (TPSA) is 123 Å². The molecule has 0 unspecified atom stereocenters. The lowest BCUT2D eigenvalue weighted by molar-refractivity contribution is -0.360. The van der Waals surface area contributed by atoms with Crippen LogP contribution in [-0.2, 0) is 9.47 Å². The summed E-state index contributed by atoms with van der Waals surface area (Å²) in [4.78, 5) is 0. The van der Waals surface area contributed by atoms with Gasteiger partial charge in [-0.1, -0.05) is 18.6 Å². The Morgan fingerprint density at radius 2 is 1.81 bits per heavy atom. The summed E-state index contributed by atoms with van der Waals surface area (Å²) in [5.74, 6) is -1.50. The molecule has 7 nitrogen and oxygen atoms in total. The molecule has 2 bridgehead atoms. The van der Waals surface area contributed by atoms with E-state index in [0.29, 0.717) is 24.2 Å². The molecular weight excluding hydrogens is 344 g/mol. The fourth-order valence-corrected chi connectivity index (χ4v) is 4.92. The molecule has 0 aromatic heterocycles. The van der Waals surface area contributed by atoms with Crippen molar-refractivity contribution in [2.24, 2.45) is 16.7 Å². The smallest absolute Gasteiger partial charge is 0.218 e. The van der Waals surface area contributed by atoms with Gasteiger partial charge >= 0.3 is 0 Å². The van der Waals surface area contributed by atoms with Gasteiger partial charge in [0.15, 0.2) is 10.8 Å². The summed E-state index contributed by atoms with van der Waals surface area (Å²) in [5, 5.41) is 38.9. The predicted octanol–water partition coefficient (Wildman–Crippen LogP) is 3.20. The van der Waals surface area contributed by atoms with Crippen molar-refractivity contribution in [3.63, 3.8) is 0 Å². The van der Waals surface area contributed by atoms with Crippen LogP contribution in [0.25, 0.3) is 0 Å². The van der Waals surface area contributed by atoms with E-state index in [0.717, 1.165) is 12.8 Å². The van der Waals surface area contributed by atoms with Gasteiger partial charge in [0.1, 0.15) is 11.9 Å². The molecule has 1 aliphatic carbocycles. The second kappa shape index (κ2) is 5.71. The summed E-state index contributed by atoms with van der Waals surface area (Å²) >= 11 is 0. The van der Waals surface area contributed by atoms with E-state index in [-0.39, 0.29) is 5.90 Å². The van der Waals surface area contributed by atoms with E-state index in [9.17, 15) is 15.8 Å². The van der Waals surface area contributed by atoms with E-state index in [1.807, 2.05) is 0 Å². The maximum Gasteiger partial charge on any atom is 0.218 e. The van der Waals surface area contributed by atoms with Crippen molar-refractivity contribution < 1.29 is 14.2 Å². The number of hydrogen-bond donors (Lipinski definition) is 1. The van der Waals surface area contributed by atoms with E-state index in [1.54, 1.807) is 31.4 Å². The molecule has 1 saturated carbocycles. The van der Waals surface area contributed by atoms with Crippen LogP contribution in [0, 0.1) is 56.2 Å². The minimum Gasteiger partial charge on any atom is -0.497 e. The molecule has 1 spiro atoms. The Morgan fingerprint density at radius 3 is 2.41 bits per heavy atom. The first kappa shape index (κ1) is 17.3. The summed E-state index contributed by atoms with van der Waals surface area (Å²) in [6.45, 7) is 0. The van der Waals surface area contributed by atoms with Gasteiger partial charge in [0.05, 0.1) is 31.2 Å². The zero-order chi connectivity index (χ0) is 19.3. The third-order valence-corrected chi connectivity index (χ3v) is 6.23. The number of hydrogen-bond acceptors (Lipinski definition) is 7. The molecule has 3 heterocycles. The molecule has 0 radical (unpaired) electrons. The zero-order valence-electron chi connectivity index (χ0n) is 14.9. The quantitative estimate of drug-likeness (QED) is 0.861. The van der Waals surface area contributed by atoms with Gasteiger partial charge in [-0.15, -0.1) is 0 Å². The first-order chi connectivity index (χ1) is 13.0. The van der Waals surface area contributed by atoms with Crippen molar-refractivity contribution in [3.05, 3.63) is 29.8 Å². The predicted molar refractivity (Wildman–Crippen MR) is 92.0 cm³/mol. The molecule has 136 valence electrons. The van der Waals surface area contributed by atoms with Crippen LogP contribution in [0.1, 0.15) is 37.4 Å². The first-order valence-electron chi connectivity index (χ1n) is 8.87. The molecule has 4 atom stereocenters. The molecule has 27 heavy (non-hydrogen) atoms. The number of benzene rings is 1. The third-order valence-electron chi connectivity index (χ3n) is 6.23. The molecule has 4 fully saturated rings. The number of nitrogens with zero attached hydrogens (tertiary/aromatic N) is 3. The molecule has 3 aliphatic heterocycles. The van der Waals surface area contributed by atoms with Crippen molar-refractivity contribution in [2.75, 3.05) is 7.11 Å². The second-order valence-corrected chi connectivity index (χ2v) is 7.26. The van der Waals surface area contributed by atoms with Crippen molar-refractivity contribution in [1.82, 2.24) is 0 Å². The molecule has 3 saturated heterocycles. The van der Waals surface area contributed by atoms with Crippen LogP contribution in [0.15, 0.2) is 24.3 Å². The highest BCUT2D eigenvalue weighted by Gasteiger charge is 2.80. The monoisotopic (exact) mass is 362 g/mol. The van der Waals surface area contributed by atoms with E-state index in [2.05, 4.69) is 18.2 Å². The molecular formula is C20H18N4O3. The average Bonchev–Trinajstić information content (AvgIpc) is 2.72. The van der Waals surface area contributed by atoms with Crippen molar-refractivity contribution in [1.29, 1.82) is 21.2 Å². The van der Waals surface area contributed by atoms with Gasteiger partial charge in [-0.05, 0) is 30.5 Å². The van der Waals surface area contributed by atoms with Gasteiger partial charge in [0, 0.05) is 6.42 Å². The normalized spacial score (nSPS) is 35.7. The Hall–Kier alpha value is -3.08. The first-order valence-corrected chi connectivity index (χ1v) is 8.87. The van der Waals surface area contributed by atoms with Crippen LogP contribution in [0.5, 0.6) is 5.75 Å². The fraction of sp³-hybridized carbons (Fsp3) is 0.500. The van der Waals surface area contributed by atoms with E-state index >= 15 is 0 Å². The van der Waals surface area contributed by atoms with Crippen LogP contribution >= 0.6 is 0 Å². The summed E-state index contributed by atoms with van der Waals surface area (Å²) in [5.41, 5.74) is -2.92. The number of rotatable bonds is 2. The van der Waals surface area contributed by atoms with Gasteiger partial charge in [0.2, 0.25) is 11.7 Å². The van der Waals surface area contributed by atoms with Crippen LogP contribution in [0.4, 0.5) is 0 Å². The molecule has 7 heteroatoms. The Morgan fingerprint density at radius 1 is 1.11 bits per heavy atom. The lowest BCUT2D eigenvalue weighted by atomic mass is 9.48. The van der Waals surface area contributed by atoms with E-state index < -0.39 is 28.6 Å². The third kappa shape index (κ3) is 1.89. The summed E-state index contributed by atoms with van der Waals surface area (Å²) in [7, 11) is 1.55. The molecule has 0 amide bonds. The van der Waals surface area contributed by atoms with Crippen molar-refractivity contribution in [3.8, 4) is 24.0 Å². The SMILES string of the molecule is COc1ccc([C@H]2O[C@@]34CCCC[C@H]3C(C#N)(C#N)[C@@]2(C#N)C(=N)O4)cc1. The molecule has 1 aromatic rings. The lowest BCUT2D eigenvalue weighted by Gasteiger charge is -2.63. The highest BCUT2D eigenvalue weighted by Crippen LogP contribution is 2.69. The number of methoxy groups -OCH3 is 1. The number of nitriles is 3. The molecule has 1 aromatic carbocycles. The van der Waals surface area contributed by atoms with Crippen LogP contribution in [0.2, 0.25) is 0 Å². The number of ether oxygens (including phenoxy) is 3. The zero-order valence-corrected chi connectivity index (χ0v) is 14.9. The Balaban J connectivity index is 1.96. The number of nitrogens with one attached hydrogen (secondary N) is 1. The maximum absolute atomic E-state index is 10.2. The highest BCUT2D eigenvalue weighted by atomic mass is 16.7. The van der Waals surface area contributed by atoms with Crippen molar-refractivity contribution >= 4 is 5.90 Å². The van der Waals surface area contributed by atoms with Crippen LogP contribution in [-0.4, -0.2) is 18.8 Å². The van der Waals surface area contributed by atoms with Gasteiger partial charge in [-0.3, -0.25) is 5.41 Å². The maximum atomic E-state index is 10.2. The fourth-order valence-electron chi connectivity index (χ4n) is 4.92. The second-order valence-electron chi connectivity index (χ2n) is 7.26. The minimum absolute atomic E-state index is 0.349. The number of fused-ring (bicyclic) bond motifs is 2. The van der Waals surface area contributed by atoms with Gasteiger partial charge in [0.25, 0.3) is 0 Å². The van der Waals surface area contributed by atoms with Crippen LogP contribution in [0.3, 0.4) is 0 Å². The molecule has 5 rings (SSSR count). The van der Waals surface area contributed by atoms with E-state index in [1.165, 1.54) is 0 Å². The van der Waals surface area contributed by atoms with Crippen LogP contribution < -0.4 is 4.74 Å². The average molecular weight is 362 g/mol. The van der Waals surface area contributed by atoms with Gasteiger partial charge in [-0.25, -0.2) is 0 Å². The largest absolute Gasteiger partial charge is 0.497 e. The minimum atomic E-state index is -1.82. The summed E-state index contributed by atoms with van der Waals surface area (Å²) < 4.78 is 17.4. The van der Waals surface area contributed by atoms with Crippen molar-refractivity contribution in [2.45, 2.75) is 37.6 Å². The summed E-state index contributed by atoms with van der Waals surface area (Å²) in [6.07, 6.45) is 1.73. The standard InChI is InChI=1S/C20H18N4O3/c1-25-14-7-5-13(6-8-14)16-19(12-23)17(24)27-20(26-16)9-3-2-4-15(20)18(19,10-21)11-22/h5-8,15-16,24H,2-4,9H2,1H3/t15-,16+,19+,20+/m0/s1. The van der Waals surface area contributed by atoms with Gasteiger partial charge < -0.3 is 14.2 Å². The Kier molecular flexibility index (Phi) is 3.67. The molecule has 1 N–H and O–H groups in total. The Bertz CT molecular complexity index is 909.